The van der Waals surface area contributed by atoms with Crippen LogP contribution in [-0.4, -0.2) is 29.3 Å². The Bertz CT molecular complexity index is 504. The monoisotopic (exact) mass is 257 g/mol. The molecule has 0 saturated carbocycles. The fraction of sp³-hybridized carbons (Fsp3) is 0.400. The average molecular weight is 257 g/mol. The number of benzene rings is 1. The molecular formula is C15H19N3O. The van der Waals surface area contributed by atoms with Crippen molar-refractivity contribution in [1.29, 1.82) is 0 Å². The third-order valence-electron chi connectivity index (χ3n) is 3.50. The van der Waals surface area contributed by atoms with E-state index in [0.29, 0.717) is 5.92 Å². The van der Waals surface area contributed by atoms with Gasteiger partial charge in [0.25, 0.3) is 0 Å². The van der Waals surface area contributed by atoms with Crippen molar-refractivity contribution in [2.45, 2.75) is 12.8 Å². The summed E-state index contributed by atoms with van der Waals surface area (Å²) >= 11 is 0. The first-order valence-electron chi connectivity index (χ1n) is 6.82. The Hall–Kier alpha value is -1.81. The molecule has 4 heteroatoms. The van der Waals surface area contributed by atoms with Crippen LogP contribution in [0.3, 0.4) is 0 Å². The van der Waals surface area contributed by atoms with Crippen molar-refractivity contribution in [2.75, 3.05) is 25.1 Å². The van der Waals surface area contributed by atoms with E-state index in [1.165, 1.54) is 12.8 Å². The maximum absolute atomic E-state index is 5.50. The lowest BCUT2D eigenvalue weighted by atomic mass is 10.0. The van der Waals surface area contributed by atoms with Gasteiger partial charge in [-0.15, -0.1) is 0 Å². The molecule has 1 unspecified atom stereocenters. The summed E-state index contributed by atoms with van der Waals surface area (Å²) in [6.07, 6.45) is 8.00. The van der Waals surface area contributed by atoms with Crippen molar-refractivity contribution in [3.05, 3.63) is 43.0 Å². The predicted octanol–water partition coefficient (Wildman–Crippen LogP) is 2.71. The molecule has 100 valence electrons. The van der Waals surface area contributed by atoms with Gasteiger partial charge < -0.3 is 14.6 Å². The minimum Gasteiger partial charge on any atom is -0.385 e. The number of anilines is 1. The molecule has 1 saturated heterocycles. The van der Waals surface area contributed by atoms with Gasteiger partial charge in [-0.2, -0.15) is 0 Å². The lowest BCUT2D eigenvalue weighted by Crippen LogP contribution is -2.24. The molecule has 0 amide bonds. The van der Waals surface area contributed by atoms with E-state index < -0.39 is 0 Å². The molecule has 2 heterocycles. The molecule has 2 aromatic rings. The molecule has 3 rings (SSSR count). The van der Waals surface area contributed by atoms with Crippen LogP contribution in [0.15, 0.2) is 43.0 Å². The highest BCUT2D eigenvalue weighted by Crippen LogP contribution is 2.17. The Kier molecular flexibility index (Phi) is 3.79. The molecule has 19 heavy (non-hydrogen) atoms. The second-order valence-electron chi connectivity index (χ2n) is 4.98. The molecule has 1 N–H and O–H groups in total. The first-order chi connectivity index (χ1) is 9.42. The van der Waals surface area contributed by atoms with Crippen LogP contribution in [0, 0.1) is 5.92 Å². The van der Waals surface area contributed by atoms with E-state index in [1.54, 1.807) is 6.20 Å². The molecule has 1 aromatic carbocycles. The van der Waals surface area contributed by atoms with E-state index in [4.69, 9.17) is 4.74 Å². The quantitative estimate of drug-likeness (QED) is 0.915. The first kappa shape index (κ1) is 12.2. The van der Waals surface area contributed by atoms with Crippen LogP contribution in [0.5, 0.6) is 0 Å². The summed E-state index contributed by atoms with van der Waals surface area (Å²) in [5.74, 6) is 0.630. The summed E-state index contributed by atoms with van der Waals surface area (Å²) in [7, 11) is 0. The fourth-order valence-corrected chi connectivity index (χ4v) is 2.42. The Morgan fingerprint density at radius 2 is 2.42 bits per heavy atom. The van der Waals surface area contributed by atoms with Crippen molar-refractivity contribution >= 4 is 5.69 Å². The van der Waals surface area contributed by atoms with Crippen molar-refractivity contribution in [3.8, 4) is 5.69 Å². The standard InChI is InChI=1S/C15H19N3O/c1-4-14(17-10-13-3-2-8-19-11-13)9-15(5-1)18-7-6-16-12-18/h1,4-7,9,12-13,17H,2-3,8,10-11H2. The summed E-state index contributed by atoms with van der Waals surface area (Å²) in [6.45, 7) is 2.79. The SMILES string of the molecule is c1cc(NCC2CCCOC2)cc(-n2ccnc2)c1. The van der Waals surface area contributed by atoms with Crippen molar-refractivity contribution in [2.24, 2.45) is 5.92 Å². The lowest BCUT2D eigenvalue weighted by molar-refractivity contribution is 0.0595. The zero-order chi connectivity index (χ0) is 12.9. The van der Waals surface area contributed by atoms with Crippen LogP contribution in [0.1, 0.15) is 12.8 Å². The summed E-state index contributed by atoms with van der Waals surface area (Å²) in [4.78, 5) is 4.07. The fourth-order valence-electron chi connectivity index (χ4n) is 2.42. The maximum Gasteiger partial charge on any atom is 0.0991 e. The third kappa shape index (κ3) is 3.15. The Labute approximate surface area is 113 Å². The van der Waals surface area contributed by atoms with Gasteiger partial charge in [-0.3, -0.25) is 0 Å². The smallest absolute Gasteiger partial charge is 0.0991 e. The summed E-state index contributed by atoms with van der Waals surface area (Å²) in [6, 6.07) is 8.39. The molecule has 1 aliphatic rings. The van der Waals surface area contributed by atoms with Crippen molar-refractivity contribution in [3.63, 3.8) is 0 Å². The zero-order valence-electron chi connectivity index (χ0n) is 11.0. The van der Waals surface area contributed by atoms with Gasteiger partial charge in [0.05, 0.1) is 12.9 Å². The number of nitrogens with zero attached hydrogens (tertiary/aromatic N) is 2. The molecule has 0 aliphatic carbocycles. The highest BCUT2D eigenvalue weighted by molar-refractivity contribution is 5.51. The van der Waals surface area contributed by atoms with Crippen molar-refractivity contribution in [1.82, 2.24) is 9.55 Å². The molecule has 1 atom stereocenters. The second kappa shape index (κ2) is 5.89. The number of hydrogen-bond donors (Lipinski definition) is 1. The first-order valence-corrected chi connectivity index (χ1v) is 6.82. The van der Waals surface area contributed by atoms with Crippen LogP contribution < -0.4 is 5.32 Å². The van der Waals surface area contributed by atoms with Crippen LogP contribution in [0.4, 0.5) is 5.69 Å². The number of imidazole rings is 1. The van der Waals surface area contributed by atoms with Crippen LogP contribution in [0.25, 0.3) is 5.69 Å². The van der Waals surface area contributed by atoms with Crippen LogP contribution >= 0.6 is 0 Å². The van der Waals surface area contributed by atoms with E-state index in [9.17, 15) is 0 Å². The van der Waals surface area contributed by atoms with Gasteiger partial charge in [0.15, 0.2) is 0 Å². The molecular weight excluding hydrogens is 238 g/mol. The number of nitrogens with one attached hydrogen (secondary N) is 1. The van der Waals surface area contributed by atoms with E-state index in [0.717, 1.165) is 31.1 Å². The van der Waals surface area contributed by atoms with Gasteiger partial charge in [0.2, 0.25) is 0 Å². The average Bonchev–Trinajstić information content (AvgIpc) is 3.01. The van der Waals surface area contributed by atoms with Crippen LogP contribution in [-0.2, 0) is 4.74 Å². The van der Waals surface area contributed by atoms with Gasteiger partial charge in [0, 0.05) is 36.9 Å². The second-order valence-corrected chi connectivity index (χ2v) is 4.98. The minimum absolute atomic E-state index is 0.630. The Morgan fingerprint density at radius 3 is 3.21 bits per heavy atom. The maximum atomic E-state index is 5.50. The minimum atomic E-state index is 0.630. The Balaban J connectivity index is 1.63. The molecule has 0 radical (unpaired) electrons. The zero-order valence-corrected chi connectivity index (χ0v) is 11.0. The topological polar surface area (TPSA) is 39.1 Å². The van der Waals surface area contributed by atoms with Gasteiger partial charge >= 0.3 is 0 Å². The third-order valence-corrected chi connectivity index (χ3v) is 3.50. The highest BCUT2D eigenvalue weighted by atomic mass is 16.5. The molecule has 1 aliphatic heterocycles. The number of aromatic nitrogens is 2. The van der Waals surface area contributed by atoms with Gasteiger partial charge in [-0.05, 0) is 37.0 Å². The molecule has 1 aromatic heterocycles. The van der Waals surface area contributed by atoms with E-state index in [-0.39, 0.29) is 0 Å². The number of ether oxygens (including phenoxy) is 1. The van der Waals surface area contributed by atoms with E-state index in [2.05, 4.69) is 34.6 Å². The molecule has 0 spiro atoms. The normalized spacial score (nSPS) is 19.3. The van der Waals surface area contributed by atoms with Gasteiger partial charge in [-0.25, -0.2) is 4.98 Å². The van der Waals surface area contributed by atoms with Gasteiger partial charge in [0.1, 0.15) is 0 Å². The Morgan fingerprint density at radius 1 is 1.42 bits per heavy atom. The summed E-state index contributed by atoms with van der Waals surface area (Å²) in [5.41, 5.74) is 2.28. The summed E-state index contributed by atoms with van der Waals surface area (Å²) in [5, 5.41) is 3.50. The molecule has 4 nitrogen and oxygen atoms in total. The van der Waals surface area contributed by atoms with Gasteiger partial charge in [-0.1, -0.05) is 6.07 Å². The highest BCUT2D eigenvalue weighted by Gasteiger charge is 2.13. The molecule has 1 fully saturated rings. The van der Waals surface area contributed by atoms with E-state index in [1.807, 2.05) is 17.1 Å². The number of hydrogen-bond acceptors (Lipinski definition) is 3. The lowest BCUT2D eigenvalue weighted by Gasteiger charge is -2.22. The predicted molar refractivity (Wildman–Crippen MR) is 75.6 cm³/mol. The number of rotatable bonds is 4. The van der Waals surface area contributed by atoms with Crippen molar-refractivity contribution < 1.29 is 4.74 Å². The largest absolute Gasteiger partial charge is 0.385 e. The van der Waals surface area contributed by atoms with E-state index >= 15 is 0 Å². The summed E-state index contributed by atoms with van der Waals surface area (Å²) < 4.78 is 7.51. The van der Waals surface area contributed by atoms with Crippen LogP contribution in [0.2, 0.25) is 0 Å². The molecule has 0 bridgehead atoms.